The monoisotopic (exact) mass is 281 g/mol. The average Bonchev–Trinajstić information content (AvgIpc) is 2.23. The van der Waals surface area contributed by atoms with Crippen LogP contribution >= 0.6 is 11.6 Å². The lowest BCUT2D eigenvalue weighted by Gasteiger charge is -2.13. The van der Waals surface area contributed by atoms with Crippen molar-refractivity contribution in [3.8, 4) is 0 Å². The second-order valence-corrected chi connectivity index (χ2v) is 4.28. The zero-order valence-corrected chi connectivity index (χ0v) is 10.1. The molecule has 2 N–H and O–H groups in total. The smallest absolute Gasteiger partial charge is 0.416 e. The van der Waals surface area contributed by atoms with E-state index in [1.807, 2.05) is 0 Å². The first kappa shape index (κ1) is 14.6. The van der Waals surface area contributed by atoms with Gasteiger partial charge in [-0.3, -0.25) is 4.79 Å². The Bertz CT molecular complexity index is 448. The van der Waals surface area contributed by atoms with Crippen molar-refractivity contribution >= 4 is 23.3 Å². The molecule has 0 saturated heterocycles. The molecule has 0 aromatic heterocycles. The fourth-order valence-electron chi connectivity index (χ4n) is 1.21. The van der Waals surface area contributed by atoms with Gasteiger partial charge >= 0.3 is 12.1 Å². The van der Waals surface area contributed by atoms with E-state index < -0.39 is 23.6 Å². The van der Waals surface area contributed by atoms with Gasteiger partial charge in [-0.1, -0.05) is 18.5 Å². The lowest BCUT2D eigenvalue weighted by atomic mass is 10.1. The predicted molar refractivity (Wildman–Crippen MR) is 61.7 cm³/mol. The Morgan fingerprint density at radius 1 is 1.44 bits per heavy atom. The van der Waals surface area contributed by atoms with E-state index in [0.29, 0.717) is 0 Å². The van der Waals surface area contributed by atoms with Crippen molar-refractivity contribution in [3.05, 3.63) is 28.8 Å². The average molecular weight is 282 g/mol. The molecular weight excluding hydrogens is 271 g/mol. The van der Waals surface area contributed by atoms with Crippen LogP contribution in [0.2, 0.25) is 5.02 Å². The second kappa shape index (κ2) is 5.48. The number of carboxylic acid groups (broad SMARTS) is 1. The van der Waals surface area contributed by atoms with Gasteiger partial charge in [-0.25, -0.2) is 0 Å². The topological polar surface area (TPSA) is 49.3 Å². The highest BCUT2D eigenvalue weighted by Crippen LogP contribution is 2.33. The van der Waals surface area contributed by atoms with Crippen molar-refractivity contribution in [1.82, 2.24) is 0 Å². The van der Waals surface area contributed by atoms with Crippen molar-refractivity contribution in [1.29, 1.82) is 0 Å². The summed E-state index contributed by atoms with van der Waals surface area (Å²) in [4.78, 5) is 10.6. The van der Waals surface area contributed by atoms with Gasteiger partial charge in [0, 0.05) is 17.3 Å². The predicted octanol–water partition coefficient (Wildman–Crippen LogP) is 3.49. The maximum Gasteiger partial charge on any atom is 0.416 e. The lowest BCUT2D eigenvalue weighted by molar-refractivity contribution is -0.140. The lowest BCUT2D eigenvalue weighted by Crippen LogP contribution is -2.19. The molecule has 0 heterocycles. The Labute approximate surface area is 107 Å². The minimum Gasteiger partial charge on any atom is -0.481 e. The van der Waals surface area contributed by atoms with E-state index in [1.165, 1.54) is 13.0 Å². The number of nitrogens with one attached hydrogen (secondary N) is 1. The Morgan fingerprint density at radius 3 is 2.56 bits per heavy atom. The minimum atomic E-state index is -4.49. The molecule has 1 aromatic carbocycles. The van der Waals surface area contributed by atoms with Gasteiger partial charge in [0.2, 0.25) is 0 Å². The molecule has 1 rings (SSSR count). The number of carboxylic acids is 1. The van der Waals surface area contributed by atoms with Gasteiger partial charge in [-0.05, 0) is 18.2 Å². The number of carbonyl (C=O) groups is 1. The van der Waals surface area contributed by atoms with Crippen molar-refractivity contribution < 1.29 is 23.1 Å². The van der Waals surface area contributed by atoms with Crippen LogP contribution in [0.25, 0.3) is 0 Å². The number of anilines is 1. The largest absolute Gasteiger partial charge is 0.481 e. The first-order valence-electron chi connectivity index (χ1n) is 5.04. The van der Waals surface area contributed by atoms with Gasteiger partial charge in [0.1, 0.15) is 0 Å². The van der Waals surface area contributed by atoms with Crippen LogP contribution in [0.5, 0.6) is 0 Å². The highest BCUT2D eigenvalue weighted by Gasteiger charge is 2.31. The maximum atomic E-state index is 12.5. The van der Waals surface area contributed by atoms with E-state index >= 15 is 0 Å². The summed E-state index contributed by atoms with van der Waals surface area (Å²) in [5, 5.41) is 11.2. The highest BCUT2D eigenvalue weighted by atomic mass is 35.5. The molecule has 0 aliphatic heterocycles. The molecular formula is C11H11ClF3NO2. The standard InChI is InChI=1S/C11H11ClF3NO2/c1-6(10(17)18)5-16-9-3-7(11(13,14)15)2-8(12)4-9/h2-4,6,16H,5H2,1H3,(H,17,18). The normalized spacial score (nSPS) is 13.2. The zero-order valence-electron chi connectivity index (χ0n) is 9.38. The molecule has 100 valence electrons. The molecule has 0 saturated carbocycles. The summed E-state index contributed by atoms with van der Waals surface area (Å²) in [5.41, 5.74) is -0.733. The Hall–Kier alpha value is -1.43. The second-order valence-electron chi connectivity index (χ2n) is 3.85. The summed E-state index contributed by atoms with van der Waals surface area (Å²) < 4.78 is 37.5. The summed E-state index contributed by atoms with van der Waals surface area (Å²) in [6.45, 7) is 1.47. The van der Waals surface area contributed by atoms with E-state index in [2.05, 4.69) is 5.32 Å². The third-order valence-corrected chi connectivity index (χ3v) is 2.48. The van der Waals surface area contributed by atoms with Crippen LogP contribution in [0.15, 0.2) is 18.2 Å². The fraction of sp³-hybridized carbons (Fsp3) is 0.364. The summed E-state index contributed by atoms with van der Waals surface area (Å²) in [7, 11) is 0. The van der Waals surface area contributed by atoms with Gasteiger partial charge in [-0.2, -0.15) is 13.2 Å². The molecule has 1 aromatic rings. The minimum absolute atomic E-state index is 0.0208. The van der Waals surface area contributed by atoms with Crippen molar-refractivity contribution in [3.63, 3.8) is 0 Å². The summed E-state index contributed by atoms with van der Waals surface area (Å²) in [6.07, 6.45) is -4.49. The van der Waals surface area contributed by atoms with Crippen molar-refractivity contribution in [2.45, 2.75) is 13.1 Å². The van der Waals surface area contributed by atoms with Crippen LogP contribution < -0.4 is 5.32 Å². The third-order valence-electron chi connectivity index (χ3n) is 2.26. The molecule has 7 heteroatoms. The number of rotatable bonds is 4. The van der Waals surface area contributed by atoms with Crippen molar-refractivity contribution in [2.75, 3.05) is 11.9 Å². The summed E-state index contributed by atoms with van der Waals surface area (Å²) >= 11 is 5.58. The first-order chi connectivity index (χ1) is 8.20. The molecule has 0 aliphatic carbocycles. The number of alkyl halides is 3. The molecule has 1 atom stereocenters. The molecule has 0 amide bonds. The molecule has 0 bridgehead atoms. The number of halogens is 4. The highest BCUT2D eigenvalue weighted by molar-refractivity contribution is 6.30. The van der Waals surface area contributed by atoms with Crippen molar-refractivity contribution in [2.24, 2.45) is 5.92 Å². The van der Waals surface area contributed by atoms with Gasteiger partial charge in [0.15, 0.2) is 0 Å². The molecule has 0 aliphatic rings. The molecule has 18 heavy (non-hydrogen) atoms. The van der Waals surface area contributed by atoms with E-state index in [4.69, 9.17) is 16.7 Å². The summed E-state index contributed by atoms with van der Waals surface area (Å²) in [6, 6.07) is 3.01. The SMILES string of the molecule is CC(CNc1cc(Cl)cc(C(F)(F)F)c1)C(=O)O. The van der Waals surface area contributed by atoms with Gasteiger partial charge < -0.3 is 10.4 Å². The molecule has 0 fully saturated rings. The van der Waals surface area contributed by atoms with Gasteiger partial charge in [-0.15, -0.1) is 0 Å². The Balaban J connectivity index is 2.84. The van der Waals surface area contributed by atoms with Crippen LogP contribution in [0, 0.1) is 5.92 Å². The van der Waals surface area contributed by atoms with Crippen LogP contribution in [0.3, 0.4) is 0 Å². The van der Waals surface area contributed by atoms with Crippen LogP contribution in [0.4, 0.5) is 18.9 Å². The molecule has 3 nitrogen and oxygen atoms in total. The number of hydrogen-bond donors (Lipinski definition) is 2. The molecule has 0 spiro atoms. The Morgan fingerprint density at radius 2 is 2.06 bits per heavy atom. The van der Waals surface area contributed by atoms with E-state index in [9.17, 15) is 18.0 Å². The number of benzene rings is 1. The van der Waals surface area contributed by atoms with Crippen LogP contribution in [-0.2, 0) is 11.0 Å². The fourth-order valence-corrected chi connectivity index (χ4v) is 1.45. The van der Waals surface area contributed by atoms with Crippen LogP contribution in [0.1, 0.15) is 12.5 Å². The third kappa shape index (κ3) is 4.10. The number of aliphatic carboxylic acids is 1. The quantitative estimate of drug-likeness (QED) is 0.888. The first-order valence-corrected chi connectivity index (χ1v) is 5.42. The van der Waals surface area contributed by atoms with E-state index in [1.54, 1.807) is 0 Å². The Kier molecular flexibility index (Phi) is 4.45. The zero-order chi connectivity index (χ0) is 13.9. The van der Waals surface area contributed by atoms with Crippen LogP contribution in [-0.4, -0.2) is 17.6 Å². The maximum absolute atomic E-state index is 12.5. The molecule has 0 radical (unpaired) electrons. The van der Waals surface area contributed by atoms with E-state index in [0.717, 1.165) is 12.1 Å². The number of hydrogen-bond acceptors (Lipinski definition) is 2. The van der Waals surface area contributed by atoms with Gasteiger partial charge in [0.25, 0.3) is 0 Å². The summed E-state index contributed by atoms with van der Waals surface area (Å²) in [5.74, 6) is -1.74. The van der Waals surface area contributed by atoms with Gasteiger partial charge in [0.05, 0.1) is 11.5 Å². The molecule has 1 unspecified atom stereocenters. The van der Waals surface area contributed by atoms with E-state index in [-0.39, 0.29) is 17.3 Å².